The van der Waals surface area contributed by atoms with Gasteiger partial charge in [-0.3, -0.25) is 9.79 Å². The van der Waals surface area contributed by atoms with Gasteiger partial charge in [0.25, 0.3) is 0 Å². The van der Waals surface area contributed by atoms with Crippen molar-refractivity contribution in [1.29, 1.82) is 0 Å². The minimum Gasteiger partial charge on any atom is -0.360 e. The van der Waals surface area contributed by atoms with Crippen LogP contribution in [-0.2, 0) is 21.4 Å². The summed E-state index contributed by atoms with van der Waals surface area (Å²) in [6, 6.07) is 10.5. The maximum Gasteiger partial charge on any atom is 0.393 e. The van der Waals surface area contributed by atoms with E-state index in [1.807, 2.05) is 0 Å². The molecule has 0 aromatic heterocycles. The number of amidine groups is 1. The van der Waals surface area contributed by atoms with E-state index < -0.39 is 62.4 Å². The Bertz CT molecular complexity index is 1530. The Morgan fingerprint density at radius 3 is 2.39 bits per heavy atom. The normalized spacial score (nSPS) is 31.5. The number of nitrogens with zero attached hydrogens (tertiary/aromatic N) is 2. The maximum absolute atomic E-state index is 14.2. The molecule has 220 valence electrons. The van der Waals surface area contributed by atoms with Crippen molar-refractivity contribution < 1.29 is 30.8 Å². The number of hydrogen-bond donors (Lipinski definition) is 2. The second-order valence-corrected chi connectivity index (χ2v) is 14.6. The average molecular weight is 613 g/mol. The highest BCUT2D eigenvalue weighted by Crippen LogP contribution is 2.71. The van der Waals surface area contributed by atoms with Crippen molar-refractivity contribution in [3.8, 4) is 0 Å². The van der Waals surface area contributed by atoms with E-state index in [1.165, 1.54) is 28.6 Å². The van der Waals surface area contributed by atoms with Gasteiger partial charge in [0, 0.05) is 23.5 Å². The van der Waals surface area contributed by atoms with Crippen molar-refractivity contribution in [3.63, 3.8) is 0 Å². The summed E-state index contributed by atoms with van der Waals surface area (Å²) in [5.41, 5.74) is -1.65. The molecule has 1 unspecified atom stereocenters. The first-order chi connectivity index (χ1) is 19.1. The number of nitrogens with one attached hydrogen (secondary N) is 2. The van der Waals surface area contributed by atoms with E-state index in [4.69, 9.17) is 16.6 Å². The number of rotatable bonds is 8. The molecule has 1 aliphatic heterocycles. The zero-order valence-electron chi connectivity index (χ0n) is 22.3. The van der Waals surface area contributed by atoms with Crippen molar-refractivity contribution >= 4 is 33.4 Å². The summed E-state index contributed by atoms with van der Waals surface area (Å²) in [6.07, 6.45) is -3.15. The molecule has 2 N–H and O–H groups in total. The Hall–Kier alpha value is -2.70. The fraction of sp³-hybridized carbons (Fsp3) is 0.500. The van der Waals surface area contributed by atoms with Gasteiger partial charge in [0.1, 0.15) is 17.7 Å². The van der Waals surface area contributed by atoms with E-state index in [-0.39, 0.29) is 22.9 Å². The Morgan fingerprint density at radius 1 is 1.15 bits per heavy atom. The fourth-order valence-electron chi connectivity index (χ4n) is 6.62. The van der Waals surface area contributed by atoms with Gasteiger partial charge >= 0.3 is 6.18 Å². The molecular weight excluding hydrogens is 584 g/mol. The smallest absolute Gasteiger partial charge is 0.360 e. The first-order valence-electron chi connectivity index (χ1n) is 13.3. The molecule has 0 spiro atoms. The lowest BCUT2D eigenvalue weighted by Gasteiger charge is -2.72. The van der Waals surface area contributed by atoms with Gasteiger partial charge in [0.05, 0.1) is 21.4 Å². The highest BCUT2D eigenvalue weighted by molar-refractivity contribution is 7.89. The topological polar surface area (TPSA) is 90.9 Å². The van der Waals surface area contributed by atoms with Crippen LogP contribution in [0.2, 0.25) is 5.02 Å². The summed E-state index contributed by atoms with van der Waals surface area (Å²) in [7, 11) is -3.96. The lowest BCUT2D eigenvalue weighted by molar-refractivity contribution is -0.151. The molecule has 0 saturated heterocycles. The maximum atomic E-state index is 14.2. The molecule has 3 atom stereocenters. The van der Waals surface area contributed by atoms with Crippen molar-refractivity contribution in [3.05, 3.63) is 64.9 Å². The quantitative estimate of drug-likeness (QED) is 0.419. The van der Waals surface area contributed by atoms with Crippen LogP contribution in [0, 0.1) is 17.2 Å². The number of carbonyl (C=O) groups is 1. The summed E-state index contributed by atoms with van der Waals surface area (Å²) < 4.78 is 82.2. The second kappa shape index (κ2) is 9.15. The predicted molar refractivity (Wildman–Crippen MR) is 144 cm³/mol. The average Bonchev–Trinajstić information content (AvgIpc) is 3.55. The molecule has 2 aromatic carbocycles. The molecule has 5 aliphatic rings. The molecule has 7 nitrogen and oxygen atoms in total. The van der Waals surface area contributed by atoms with Crippen LogP contribution in [0.3, 0.4) is 0 Å². The third kappa shape index (κ3) is 4.71. The van der Waals surface area contributed by atoms with Crippen LogP contribution < -0.4 is 10.6 Å². The SMILES string of the molecule is CC1(C)N=C(C23CC(N(Cc4ccc(Cl)c(F)c4)S(=O)(=O)c4ccccc4)(C2)C3)N[C@H]1C(=O)NC1C[C@@H]1C(F)(F)F. The summed E-state index contributed by atoms with van der Waals surface area (Å²) in [6.45, 7) is 3.43. The Labute approximate surface area is 240 Å². The van der Waals surface area contributed by atoms with E-state index in [2.05, 4.69) is 10.6 Å². The number of benzene rings is 2. The van der Waals surface area contributed by atoms with E-state index in [9.17, 15) is 30.8 Å². The lowest BCUT2D eigenvalue weighted by atomic mass is 9.38. The van der Waals surface area contributed by atoms with Gasteiger partial charge in [0.15, 0.2) is 0 Å². The number of halogens is 5. The van der Waals surface area contributed by atoms with Crippen LogP contribution in [0.15, 0.2) is 58.4 Å². The monoisotopic (exact) mass is 612 g/mol. The zero-order valence-corrected chi connectivity index (χ0v) is 23.9. The zero-order chi connectivity index (χ0) is 29.6. The van der Waals surface area contributed by atoms with Gasteiger partial charge < -0.3 is 10.6 Å². The van der Waals surface area contributed by atoms with Gasteiger partial charge in [-0.1, -0.05) is 35.9 Å². The number of hydrogen-bond acceptors (Lipinski definition) is 5. The fourth-order valence-corrected chi connectivity index (χ4v) is 8.52. The largest absolute Gasteiger partial charge is 0.393 e. The molecule has 41 heavy (non-hydrogen) atoms. The minimum atomic E-state index is -4.35. The standard InChI is InChI=1S/C28H29ClF4N4O3S/c1-25(2)22(23(38)34-21-11-18(21)28(31,32)33)35-24(36-25)26-13-27(14-26,15-26)37(12-16-8-9-19(29)20(30)10-16)41(39,40)17-6-4-3-5-7-17/h3-10,18,21-22H,11-15H2,1-2H3,(H,34,38)(H,35,36)/t18-,21?,22-,26?,27?/m0/s1. The van der Waals surface area contributed by atoms with Crippen molar-refractivity contribution in [1.82, 2.24) is 14.9 Å². The number of sulfonamides is 1. The van der Waals surface area contributed by atoms with Gasteiger partial charge in [0.2, 0.25) is 15.9 Å². The Morgan fingerprint density at radius 2 is 1.80 bits per heavy atom. The van der Waals surface area contributed by atoms with Gasteiger partial charge in [-0.2, -0.15) is 17.5 Å². The van der Waals surface area contributed by atoms with Crippen LogP contribution in [0.1, 0.15) is 45.1 Å². The van der Waals surface area contributed by atoms with E-state index >= 15 is 0 Å². The van der Waals surface area contributed by atoms with Gasteiger partial charge in [-0.05, 0) is 69.4 Å². The molecular formula is C28H29ClF4N4O3S. The van der Waals surface area contributed by atoms with Crippen molar-refractivity contribution in [2.75, 3.05) is 0 Å². The van der Waals surface area contributed by atoms with E-state index in [0.717, 1.165) is 0 Å². The van der Waals surface area contributed by atoms with Crippen LogP contribution in [0.5, 0.6) is 0 Å². The minimum absolute atomic E-state index is 0.0560. The third-order valence-electron chi connectivity index (χ3n) is 8.86. The molecule has 4 saturated carbocycles. The second-order valence-electron chi connectivity index (χ2n) is 12.3. The third-order valence-corrected chi connectivity index (χ3v) is 11.1. The van der Waals surface area contributed by atoms with Gasteiger partial charge in [-0.15, -0.1) is 0 Å². The molecule has 7 rings (SSSR count). The molecule has 1 heterocycles. The summed E-state index contributed by atoms with van der Waals surface area (Å²) in [5, 5.41) is 5.61. The summed E-state index contributed by atoms with van der Waals surface area (Å²) >= 11 is 5.84. The molecule has 4 fully saturated rings. The number of alkyl halides is 3. The first kappa shape index (κ1) is 28.4. The highest BCUT2D eigenvalue weighted by Gasteiger charge is 2.75. The Kier molecular flexibility index (Phi) is 6.34. The summed E-state index contributed by atoms with van der Waals surface area (Å²) in [5.74, 6) is -2.13. The molecule has 2 bridgehead atoms. The van der Waals surface area contributed by atoms with Crippen LogP contribution in [0.4, 0.5) is 17.6 Å². The predicted octanol–water partition coefficient (Wildman–Crippen LogP) is 4.81. The lowest BCUT2D eigenvalue weighted by Crippen LogP contribution is -2.78. The van der Waals surface area contributed by atoms with Crippen LogP contribution >= 0.6 is 11.6 Å². The van der Waals surface area contributed by atoms with Crippen LogP contribution in [0.25, 0.3) is 0 Å². The molecule has 4 aliphatic carbocycles. The molecule has 2 aromatic rings. The van der Waals surface area contributed by atoms with Crippen LogP contribution in [-0.4, -0.2) is 53.8 Å². The first-order valence-corrected chi connectivity index (χ1v) is 15.1. The number of carbonyl (C=O) groups excluding carboxylic acids is 1. The van der Waals surface area contributed by atoms with Crippen molar-refractivity contribution in [2.24, 2.45) is 16.3 Å². The molecule has 0 radical (unpaired) electrons. The Balaban J connectivity index is 1.20. The van der Waals surface area contributed by atoms with E-state index in [0.29, 0.717) is 30.7 Å². The molecule has 13 heteroatoms. The number of aliphatic imine (C=N–C) groups is 1. The van der Waals surface area contributed by atoms with Crippen molar-refractivity contribution in [2.45, 2.75) is 80.3 Å². The van der Waals surface area contributed by atoms with E-state index in [1.54, 1.807) is 38.1 Å². The number of amides is 1. The molecule has 1 amide bonds. The summed E-state index contributed by atoms with van der Waals surface area (Å²) in [4.78, 5) is 17.8. The van der Waals surface area contributed by atoms with Gasteiger partial charge in [-0.25, -0.2) is 12.8 Å². The highest BCUT2D eigenvalue weighted by atomic mass is 35.5.